The SMILES string of the molecule is O=[C](CC1c2ccccc2-c2ccccc21)[Zr]([Cl])[Cl]. The minimum atomic E-state index is -2.78. The molecule has 0 amide bonds. The van der Waals surface area contributed by atoms with Crippen LogP contribution in [0.15, 0.2) is 48.5 Å². The predicted molar refractivity (Wildman–Crippen MR) is 75.1 cm³/mol. The number of halogens is 2. The van der Waals surface area contributed by atoms with E-state index < -0.39 is 19.4 Å². The normalized spacial score (nSPS) is 12.9. The van der Waals surface area contributed by atoms with Gasteiger partial charge in [-0.25, -0.2) is 0 Å². The van der Waals surface area contributed by atoms with Crippen molar-refractivity contribution in [3.05, 3.63) is 59.7 Å². The van der Waals surface area contributed by atoms with Crippen LogP contribution in [0.1, 0.15) is 23.5 Å². The molecule has 0 atom stereocenters. The zero-order valence-corrected chi connectivity index (χ0v) is 14.0. The van der Waals surface area contributed by atoms with Crippen LogP contribution in [0.3, 0.4) is 0 Å². The van der Waals surface area contributed by atoms with Crippen LogP contribution in [0.4, 0.5) is 0 Å². The quantitative estimate of drug-likeness (QED) is 0.770. The van der Waals surface area contributed by atoms with Crippen LogP contribution < -0.4 is 0 Å². The van der Waals surface area contributed by atoms with E-state index in [0.29, 0.717) is 6.42 Å². The summed E-state index contributed by atoms with van der Waals surface area (Å²) >= 11 is -2.78. The van der Waals surface area contributed by atoms with Gasteiger partial charge in [-0.15, -0.1) is 0 Å². The first kappa shape index (κ1) is 13.6. The van der Waals surface area contributed by atoms with Gasteiger partial charge < -0.3 is 0 Å². The van der Waals surface area contributed by atoms with E-state index in [4.69, 9.17) is 17.0 Å². The Bertz CT molecular complexity index is 594. The molecule has 0 spiro atoms. The van der Waals surface area contributed by atoms with Gasteiger partial charge in [0.05, 0.1) is 0 Å². The molecular formula is C15H11Cl2OZr. The zero-order valence-electron chi connectivity index (χ0n) is 10.1. The Morgan fingerprint density at radius 1 is 0.947 bits per heavy atom. The molecule has 19 heavy (non-hydrogen) atoms. The fraction of sp³-hybridized carbons (Fsp3) is 0.133. The first-order valence-corrected chi connectivity index (χ1v) is 13.6. The van der Waals surface area contributed by atoms with Gasteiger partial charge in [0.1, 0.15) is 0 Å². The summed E-state index contributed by atoms with van der Waals surface area (Å²) in [4.78, 5) is 11.9. The van der Waals surface area contributed by atoms with Gasteiger partial charge in [-0.1, -0.05) is 0 Å². The molecule has 0 fully saturated rings. The summed E-state index contributed by atoms with van der Waals surface area (Å²) in [7, 11) is 11.7. The second-order valence-corrected chi connectivity index (χ2v) is 12.9. The number of hydrogen-bond acceptors (Lipinski definition) is 1. The van der Waals surface area contributed by atoms with Gasteiger partial charge in [0.25, 0.3) is 0 Å². The van der Waals surface area contributed by atoms with Gasteiger partial charge in [0.2, 0.25) is 0 Å². The summed E-state index contributed by atoms with van der Waals surface area (Å²) < 4.78 is 0.0715. The molecule has 0 radical (unpaired) electrons. The summed E-state index contributed by atoms with van der Waals surface area (Å²) in [5.41, 5.74) is 4.89. The van der Waals surface area contributed by atoms with Crippen LogP contribution in [0.25, 0.3) is 11.1 Å². The number of benzene rings is 2. The number of carbonyl (C=O) groups is 1. The molecule has 2 aromatic carbocycles. The number of hydrogen-bond donors (Lipinski definition) is 0. The van der Waals surface area contributed by atoms with Gasteiger partial charge in [0, 0.05) is 0 Å². The zero-order chi connectivity index (χ0) is 13.4. The van der Waals surface area contributed by atoms with E-state index >= 15 is 0 Å². The van der Waals surface area contributed by atoms with Crippen molar-refractivity contribution in [2.24, 2.45) is 0 Å². The molecule has 2 aromatic rings. The molecule has 1 nitrogen and oxygen atoms in total. The molecule has 4 heteroatoms. The Hall–Kier alpha value is -0.427. The standard InChI is InChI=1S/C15H11O.2ClH.Zr/c16-10-9-15-13-7-3-1-5-11(13)12-6-2-4-8-14(12)15;;;/h1-8,15H,9H2;2*1H;/q;;;+2/p-2. The molecule has 0 N–H and O–H groups in total. The van der Waals surface area contributed by atoms with E-state index in [0.717, 1.165) is 0 Å². The second kappa shape index (κ2) is 5.52. The third kappa shape index (κ3) is 2.47. The fourth-order valence-electron chi connectivity index (χ4n) is 2.74. The molecule has 3 rings (SSSR count). The van der Waals surface area contributed by atoms with E-state index in [1.807, 2.05) is 24.3 Å². The summed E-state index contributed by atoms with van der Waals surface area (Å²) in [5.74, 6) is 0.119. The molecule has 0 bridgehead atoms. The van der Waals surface area contributed by atoms with Crippen molar-refractivity contribution in [2.75, 3.05) is 0 Å². The molecule has 0 saturated heterocycles. The second-order valence-electron chi connectivity index (χ2n) is 4.61. The van der Waals surface area contributed by atoms with Crippen LogP contribution in [0.2, 0.25) is 0 Å². The molecular weight excluding hydrogens is 358 g/mol. The minimum absolute atomic E-state index is 0.0715. The first-order chi connectivity index (χ1) is 9.18. The summed E-state index contributed by atoms with van der Waals surface area (Å²) in [6.45, 7) is 0. The van der Waals surface area contributed by atoms with Crippen molar-refractivity contribution in [3.63, 3.8) is 0 Å². The monoisotopic (exact) mass is 367 g/mol. The molecule has 1 aliphatic carbocycles. The molecule has 0 unspecified atom stereocenters. The Labute approximate surface area is 127 Å². The Balaban J connectivity index is 2.07. The van der Waals surface area contributed by atoms with E-state index in [1.165, 1.54) is 22.3 Å². The molecule has 0 saturated carbocycles. The average Bonchev–Trinajstić information content (AvgIpc) is 2.74. The molecule has 0 aromatic heterocycles. The van der Waals surface area contributed by atoms with E-state index in [1.54, 1.807) is 0 Å². The molecule has 1 aliphatic rings. The Morgan fingerprint density at radius 2 is 1.42 bits per heavy atom. The first-order valence-electron chi connectivity index (χ1n) is 6.08. The van der Waals surface area contributed by atoms with E-state index in [2.05, 4.69) is 24.3 Å². The van der Waals surface area contributed by atoms with Crippen molar-refractivity contribution in [3.8, 4) is 11.1 Å². The fourth-order valence-corrected chi connectivity index (χ4v) is 4.54. The van der Waals surface area contributed by atoms with Crippen LogP contribution in [0, 0.1) is 0 Å². The summed E-state index contributed by atoms with van der Waals surface area (Å²) in [6.07, 6.45) is 0.440. The van der Waals surface area contributed by atoms with Crippen molar-refractivity contribution in [1.29, 1.82) is 0 Å². The van der Waals surface area contributed by atoms with Crippen LogP contribution in [0.5, 0.6) is 0 Å². The van der Waals surface area contributed by atoms with E-state index in [9.17, 15) is 4.79 Å². The summed E-state index contributed by atoms with van der Waals surface area (Å²) in [6, 6.07) is 16.5. The predicted octanol–water partition coefficient (Wildman–Crippen LogP) is 4.64. The molecule has 0 aliphatic heterocycles. The van der Waals surface area contributed by atoms with Gasteiger partial charge in [-0.3, -0.25) is 0 Å². The molecule has 0 heterocycles. The van der Waals surface area contributed by atoms with Crippen molar-refractivity contribution >= 4 is 20.5 Å². The van der Waals surface area contributed by atoms with Gasteiger partial charge >= 0.3 is 128 Å². The summed E-state index contributed by atoms with van der Waals surface area (Å²) in [5, 5.41) is 0. The third-order valence-electron chi connectivity index (χ3n) is 3.56. The van der Waals surface area contributed by atoms with Crippen molar-refractivity contribution in [2.45, 2.75) is 12.3 Å². The van der Waals surface area contributed by atoms with Crippen LogP contribution in [-0.4, -0.2) is 3.49 Å². The maximum atomic E-state index is 11.9. The number of rotatable bonds is 3. The van der Waals surface area contributed by atoms with Gasteiger partial charge in [-0.05, 0) is 0 Å². The Kier molecular flexibility index (Phi) is 3.94. The van der Waals surface area contributed by atoms with Crippen LogP contribution in [-0.2, 0) is 24.2 Å². The van der Waals surface area contributed by atoms with Gasteiger partial charge in [0.15, 0.2) is 0 Å². The van der Waals surface area contributed by atoms with Crippen LogP contribution >= 0.6 is 17.0 Å². The van der Waals surface area contributed by atoms with E-state index in [-0.39, 0.29) is 9.41 Å². The van der Waals surface area contributed by atoms with Crippen molar-refractivity contribution in [1.82, 2.24) is 0 Å². The van der Waals surface area contributed by atoms with Crippen molar-refractivity contribution < 1.29 is 24.2 Å². The topological polar surface area (TPSA) is 17.1 Å². The Morgan fingerprint density at radius 3 is 1.89 bits per heavy atom. The maximum absolute atomic E-state index is 11.9. The third-order valence-corrected chi connectivity index (χ3v) is 7.59. The number of carbonyl (C=O) groups excluding carboxylic acids is 1. The molecule has 95 valence electrons. The number of fused-ring (bicyclic) bond motifs is 3. The average molecular weight is 369 g/mol. The van der Waals surface area contributed by atoms with Gasteiger partial charge in [-0.2, -0.15) is 0 Å².